The number of aryl methyl sites for hydroxylation is 1. The number of unbranched alkanes of at least 4 members (excludes halogenated alkanes) is 10. The molecule has 0 aliphatic carbocycles. The monoisotopic (exact) mass is 837 g/mol. The topological polar surface area (TPSA) is 222 Å². The smallest absolute Gasteiger partial charge is 0.330 e. The van der Waals surface area contributed by atoms with Gasteiger partial charge in [-0.05, 0) is 61.7 Å². The first-order valence-corrected chi connectivity index (χ1v) is 20.8. The van der Waals surface area contributed by atoms with E-state index in [0.29, 0.717) is 48.1 Å². The number of nitrogen functional groups attached to an aromatic ring is 4. The van der Waals surface area contributed by atoms with Gasteiger partial charge in [0.05, 0.1) is 22.9 Å². The van der Waals surface area contributed by atoms with Crippen molar-refractivity contribution in [1.29, 1.82) is 0 Å². The Morgan fingerprint density at radius 2 is 1.20 bits per heavy atom. The van der Waals surface area contributed by atoms with Crippen LogP contribution in [0.4, 0.5) is 34.1 Å². The summed E-state index contributed by atoms with van der Waals surface area (Å²) in [7, 11) is 1.58. The summed E-state index contributed by atoms with van der Waals surface area (Å²) in [5.41, 5.74) is 27.8. The van der Waals surface area contributed by atoms with E-state index >= 15 is 0 Å². The number of nitrogens with two attached hydrogens (primary N) is 4. The number of aldehydes is 1. The summed E-state index contributed by atoms with van der Waals surface area (Å²) in [5, 5.41) is 10.1. The van der Waals surface area contributed by atoms with Gasteiger partial charge in [-0.15, -0.1) is 0 Å². The average molecular weight is 837 g/mol. The number of hydrogen-bond acceptors (Lipinski definition) is 13. The highest BCUT2D eigenvalue weighted by molar-refractivity contribution is 5.81. The maximum atomic E-state index is 10.8. The van der Waals surface area contributed by atoms with Crippen LogP contribution in [0.2, 0.25) is 0 Å². The van der Waals surface area contributed by atoms with E-state index in [1.54, 1.807) is 19.2 Å². The molecular formula is C46H72N6O8. The quantitative estimate of drug-likeness (QED) is 0.0113. The van der Waals surface area contributed by atoms with Crippen molar-refractivity contribution in [3.05, 3.63) is 95.6 Å². The van der Waals surface area contributed by atoms with Crippen molar-refractivity contribution in [3.8, 4) is 11.5 Å². The molecule has 0 fully saturated rings. The van der Waals surface area contributed by atoms with E-state index in [0.717, 1.165) is 11.8 Å². The van der Waals surface area contributed by atoms with Crippen molar-refractivity contribution in [2.45, 2.75) is 97.8 Å². The van der Waals surface area contributed by atoms with Gasteiger partial charge in [-0.25, -0.2) is 4.79 Å². The van der Waals surface area contributed by atoms with Gasteiger partial charge < -0.3 is 46.8 Å². The Kier molecular flexibility index (Phi) is 31.8. The Morgan fingerprint density at radius 3 is 1.63 bits per heavy atom. The van der Waals surface area contributed by atoms with Crippen molar-refractivity contribution in [2.24, 2.45) is 0 Å². The van der Waals surface area contributed by atoms with Crippen LogP contribution in [0.5, 0.6) is 11.5 Å². The Morgan fingerprint density at radius 1 is 0.717 bits per heavy atom. The van der Waals surface area contributed by atoms with Crippen molar-refractivity contribution in [1.82, 2.24) is 0 Å². The molecule has 0 heterocycles. The maximum absolute atomic E-state index is 10.8. The van der Waals surface area contributed by atoms with Gasteiger partial charge in [-0.1, -0.05) is 91.2 Å². The molecule has 60 heavy (non-hydrogen) atoms. The summed E-state index contributed by atoms with van der Waals surface area (Å²) >= 11 is 0. The zero-order chi connectivity index (χ0) is 45.0. The Hall–Kier alpha value is -5.76. The van der Waals surface area contributed by atoms with Crippen LogP contribution < -0.4 is 37.3 Å². The lowest BCUT2D eigenvalue weighted by atomic mass is 10.1. The van der Waals surface area contributed by atoms with Gasteiger partial charge in [0.15, 0.2) is 0 Å². The highest BCUT2D eigenvalue weighted by Crippen LogP contribution is 2.33. The third-order valence-corrected chi connectivity index (χ3v) is 8.82. The molecule has 14 heteroatoms. The fourth-order valence-electron chi connectivity index (χ4n) is 5.42. The highest BCUT2D eigenvalue weighted by Gasteiger charge is 2.10. The Balaban J connectivity index is 0.000000889. The van der Waals surface area contributed by atoms with Gasteiger partial charge in [-0.2, -0.15) is 0 Å². The molecular weight excluding hydrogens is 765 g/mol. The van der Waals surface area contributed by atoms with Gasteiger partial charge >= 0.3 is 5.97 Å². The minimum atomic E-state index is -0.507. The number of nitro groups is 1. The molecule has 0 unspecified atom stereocenters. The number of esters is 1. The first-order chi connectivity index (χ1) is 28.9. The van der Waals surface area contributed by atoms with Crippen molar-refractivity contribution in [3.63, 3.8) is 0 Å². The highest BCUT2D eigenvalue weighted by atomic mass is 16.6. The van der Waals surface area contributed by atoms with Crippen molar-refractivity contribution < 1.29 is 33.5 Å². The normalized spacial score (nSPS) is 9.93. The number of ether oxygens (including phenoxy) is 4. The van der Waals surface area contributed by atoms with E-state index in [-0.39, 0.29) is 18.9 Å². The molecule has 14 nitrogen and oxygen atoms in total. The zero-order valence-corrected chi connectivity index (χ0v) is 36.5. The van der Waals surface area contributed by atoms with Crippen LogP contribution in [0.3, 0.4) is 0 Å². The third-order valence-electron chi connectivity index (χ3n) is 8.82. The van der Waals surface area contributed by atoms with Gasteiger partial charge in [-0.3, -0.25) is 14.9 Å². The predicted octanol–water partition coefficient (Wildman–Crippen LogP) is 9.64. The molecule has 0 bridgehead atoms. The van der Waals surface area contributed by atoms with E-state index in [1.807, 2.05) is 0 Å². The van der Waals surface area contributed by atoms with Gasteiger partial charge in [0.1, 0.15) is 37.6 Å². The number of nitrogens with zero attached hydrogens (tertiary/aromatic N) is 2. The molecule has 0 aliphatic heterocycles. The molecule has 0 atom stereocenters. The SMILES string of the molecule is C=CC(=O)OCCOc1cc(N)c(OCCOC)cc1N.C=CC=O.CCCCCCCCN(CCCCCCCC)c1ccc(N)c(C)c1.Nc1ccc([N+](=O)[O-])cc1. The molecule has 3 aromatic carbocycles. The van der Waals surface area contributed by atoms with E-state index in [9.17, 15) is 14.9 Å². The van der Waals surface area contributed by atoms with Crippen molar-refractivity contribution in [2.75, 3.05) is 74.5 Å². The lowest BCUT2D eigenvalue weighted by Gasteiger charge is -2.26. The summed E-state index contributed by atoms with van der Waals surface area (Å²) in [6.45, 7) is 16.5. The van der Waals surface area contributed by atoms with E-state index in [2.05, 4.69) is 57.0 Å². The second kappa shape index (κ2) is 35.2. The summed E-state index contributed by atoms with van der Waals surface area (Å²) in [4.78, 5) is 32.1. The molecule has 0 aliphatic rings. The lowest BCUT2D eigenvalue weighted by Crippen LogP contribution is -2.25. The molecule has 0 radical (unpaired) electrons. The molecule has 0 saturated heterocycles. The average Bonchev–Trinajstić information content (AvgIpc) is 3.24. The summed E-state index contributed by atoms with van der Waals surface area (Å²) in [6, 6.07) is 15.4. The number of allylic oxidation sites excluding steroid dienone is 1. The first-order valence-electron chi connectivity index (χ1n) is 20.8. The second-order valence-corrected chi connectivity index (χ2v) is 13.8. The lowest BCUT2D eigenvalue weighted by molar-refractivity contribution is -0.384. The number of hydrogen-bond donors (Lipinski definition) is 4. The number of anilines is 5. The number of non-ortho nitro benzene ring substituents is 1. The van der Waals surface area contributed by atoms with Crippen LogP contribution in [0, 0.1) is 17.0 Å². The molecule has 3 aromatic rings. The fraction of sp³-hybridized carbons (Fsp3) is 0.478. The van der Waals surface area contributed by atoms with E-state index < -0.39 is 10.9 Å². The standard InChI is InChI=1S/C23H42N2.C14H20N2O5.C6H6N2O2.C3H4O/c1-4-6-8-10-12-14-18-25(19-15-13-11-9-7-5-2)22-16-17-23(24)21(3)20-22;1-3-14(17)21-7-6-20-13-9-10(15)12(8-11(13)16)19-5-4-18-2;7-5-1-3-6(4-2-5)8(9)10;1-2-3-4/h16-17,20H,4-15,18-19,24H2,1-3H3;3,8-9H,1,4-7,15-16H2,2H3;1-4H,7H2;2-3H,1H2. The minimum Gasteiger partial charge on any atom is -0.489 e. The third kappa shape index (κ3) is 26.3. The molecule has 0 amide bonds. The van der Waals surface area contributed by atoms with Crippen molar-refractivity contribution >= 4 is 46.4 Å². The molecule has 0 spiro atoms. The number of nitro benzene ring substituents is 1. The Labute approximate surface area is 358 Å². The largest absolute Gasteiger partial charge is 0.489 e. The van der Waals surface area contributed by atoms with Crippen LogP contribution >= 0.6 is 0 Å². The Bertz CT molecular complexity index is 1620. The molecule has 0 saturated carbocycles. The number of carbonyl (C=O) groups excluding carboxylic acids is 2. The van der Waals surface area contributed by atoms with Gasteiger partial charge in [0.25, 0.3) is 5.69 Å². The zero-order valence-electron chi connectivity index (χ0n) is 36.5. The van der Waals surface area contributed by atoms with E-state index in [4.69, 9.17) is 46.7 Å². The second-order valence-electron chi connectivity index (χ2n) is 13.8. The molecule has 8 N–H and O–H groups in total. The summed E-state index contributed by atoms with van der Waals surface area (Å²) in [6.07, 6.45) is 19.3. The van der Waals surface area contributed by atoms with Crippen LogP contribution in [-0.2, 0) is 19.1 Å². The van der Waals surface area contributed by atoms with E-state index in [1.165, 1.54) is 132 Å². The van der Waals surface area contributed by atoms with Crippen LogP contribution in [0.25, 0.3) is 0 Å². The number of methoxy groups -OCH3 is 1. The molecule has 0 aromatic heterocycles. The molecule has 334 valence electrons. The minimum absolute atomic E-state index is 0.0641. The number of rotatable bonds is 26. The van der Waals surface area contributed by atoms with Crippen LogP contribution in [0.1, 0.15) is 96.5 Å². The van der Waals surface area contributed by atoms with Crippen LogP contribution in [-0.4, -0.2) is 63.8 Å². The molecule has 3 rings (SSSR count). The number of carbonyl (C=O) groups is 2. The summed E-state index contributed by atoms with van der Waals surface area (Å²) in [5.74, 6) is 0.365. The predicted molar refractivity (Wildman–Crippen MR) is 248 cm³/mol. The summed E-state index contributed by atoms with van der Waals surface area (Å²) < 4.78 is 20.5. The maximum Gasteiger partial charge on any atom is 0.330 e. The number of benzene rings is 3. The van der Waals surface area contributed by atoms with Crippen LogP contribution in [0.15, 0.2) is 79.9 Å². The fourth-order valence-corrected chi connectivity index (χ4v) is 5.42. The first kappa shape index (κ1) is 54.2. The van der Waals surface area contributed by atoms with Gasteiger partial charge in [0.2, 0.25) is 0 Å². The van der Waals surface area contributed by atoms with Gasteiger partial charge in [0, 0.05) is 67.6 Å².